The number of benzene rings is 1. The van der Waals surface area contributed by atoms with Crippen molar-refractivity contribution in [1.29, 1.82) is 0 Å². The second kappa shape index (κ2) is 11.2. The molecule has 0 aliphatic carbocycles. The van der Waals surface area contributed by atoms with Gasteiger partial charge in [-0.05, 0) is 57.0 Å². The van der Waals surface area contributed by atoms with Crippen LogP contribution in [0.1, 0.15) is 55.9 Å². The number of amides is 1. The van der Waals surface area contributed by atoms with Crippen molar-refractivity contribution in [1.82, 2.24) is 19.1 Å². The van der Waals surface area contributed by atoms with E-state index in [-0.39, 0.29) is 60.1 Å². The molecule has 4 rings (SSSR count). The molecule has 1 aromatic carbocycles. The van der Waals surface area contributed by atoms with E-state index >= 15 is 0 Å². The summed E-state index contributed by atoms with van der Waals surface area (Å²) in [5, 5.41) is 14.5. The second-order valence-corrected chi connectivity index (χ2v) is 12.4. The minimum absolute atomic E-state index is 0. The standard InChI is InChI=1S/C25H36N4O5S.ClH/c1-16(2)29-23-8-6-5-7-17(23)11-22(25(29)32)24(31)26-18-12-19-9-10-20(13-18)28(19)15-21(30)14-27(3)35(4,33)34;/h5-8,11,16,18-21,30H,9-10,12-15H2,1-4H3,(H,26,31);1H. The lowest BCUT2D eigenvalue weighted by Gasteiger charge is -2.40. The minimum Gasteiger partial charge on any atom is -0.390 e. The number of nitrogens with one attached hydrogen (secondary N) is 1. The van der Waals surface area contributed by atoms with Crippen LogP contribution in [-0.4, -0.2) is 83.8 Å². The van der Waals surface area contributed by atoms with E-state index in [1.165, 1.54) is 11.4 Å². The summed E-state index contributed by atoms with van der Waals surface area (Å²) in [7, 11) is -1.88. The van der Waals surface area contributed by atoms with Crippen LogP contribution in [0.15, 0.2) is 35.1 Å². The number of aliphatic hydroxyl groups excluding tert-OH is 1. The number of hydrogen-bond donors (Lipinski definition) is 2. The zero-order chi connectivity index (χ0) is 25.5. The third kappa shape index (κ3) is 5.94. The quantitative estimate of drug-likeness (QED) is 0.529. The highest BCUT2D eigenvalue weighted by Crippen LogP contribution is 2.36. The van der Waals surface area contributed by atoms with Crippen LogP contribution < -0.4 is 10.9 Å². The van der Waals surface area contributed by atoms with Gasteiger partial charge in [-0.2, -0.15) is 0 Å². The van der Waals surface area contributed by atoms with Crippen molar-refractivity contribution in [2.45, 2.75) is 69.8 Å². The van der Waals surface area contributed by atoms with Crippen LogP contribution in [-0.2, 0) is 10.0 Å². The number of nitrogens with zero attached hydrogens (tertiary/aromatic N) is 3. The van der Waals surface area contributed by atoms with Crippen LogP contribution in [0.2, 0.25) is 0 Å². The number of pyridine rings is 1. The maximum absolute atomic E-state index is 13.2. The van der Waals surface area contributed by atoms with E-state index in [0.717, 1.165) is 42.8 Å². The monoisotopic (exact) mass is 540 g/mol. The molecular weight excluding hydrogens is 504 g/mol. The number of carbonyl (C=O) groups is 1. The van der Waals surface area contributed by atoms with Crippen molar-refractivity contribution >= 4 is 39.2 Å². The first kappa shape index (κ1) is 28.6. The summed E-state index contributed by atoms with van der Waals surface area (Å²) in [6.07, 6.45) is 3.77. The number of para-hydroxylation sites is 1. The van der Waals surface area contributed by atoms with Crippen molar-refractivity contribution in [2.24, 2.45) is 0 Å². The first-order valence-electron chi connectivity index (χ1n) is 12.3. The van der Waals surface area contributed by atoms with Gasteiger partial charge in [-0.15, -0.1) is 12.4 Å². The van der Waals surface area contributed by atoms with Crippen LogP contribution in [0.4, 0.5) is 0 Å². The molecule has 200 valence electrons. The Morgan fingerprint density at radius 3 is 2.39 bits per heavy atom. The number of carbonyl (C=O) groups excluding carboxylic acids is 1. The Balaban J connectivity index is 0.00000361. The smallest absolute Gasteiger partial charge is 0.264 e. The van der Waals surface area contributed by atoms with E-state index in [1.807, 2.05) is 38.1 Å². The largest absolute Gasteiger partial charge is 0.390 e. The topological polar surface area (TPSA) is 112 Å². The Morgan fingerprint density at radius 1 is 1.19 bits per heavy atom. The molecule has 2 N–H and O–H groups in total. The number of likely N-dealkylation sites (N-methyl/N-ethyl adjacent to an activating group) is 1. The summed E-state index contributed by atoms with van der Waals surface area (Å²) < 4.78 is 26.1. The summed E-state index contributed by atoms with van der Waals surface area (Å²) in [5.74, 6) is -0.345. The molecule has 36 heavy (non-hydrogen) atoms. The molecule has 1 aromatic heterocycles. The Morgan fingerprint density at radius 2 is 1.81 bits per heavy atom. The molecule has 2 fully saturated rings. The minimum atomic E-state index is -3.34. The van der Waals surface area contributed by atoms with Crippen LogP contribution in [0, 0.1) is 0 Å². The van der Waals surface area contributed by atoms with Gasteiger partial charge in [0, 0.05) is 44.3 Å². The Kier molecular flexibility index (Phi) is 8.88. The molecule has 2 aliphatic heterocycles. The predicted octanol–water partition coefficient (Wildman–Crippen LogP) is 1.98. The number of fused-ring (bicyclic) bond motifs is 3. The van der Waals surface area contributed by atoms with Gasteiger partial charge in [-0.1, -0.05) is 18.2 Å². The van der Waals surface area contributed by atoms with E-state index in [1.54, 1.807) is 10.6 Å². The number of sulfonamides is 1. The fourth-order valence-corrected chi connectivity index (χ4v) is 6.09. The predicted molar refractivity (Wildman–Crippen MR) is 143 cm³/mol. The van der Waals surface area contributed by atoms with Gasteiger partial charge in [0.15, 0.2) is 0 Å². The normalized spacial score (nSPS) is 23.1. The van der Waals surface area contributed by atoms with Gasteiger partial charge < -0.3 is 15.0 Å². The molecule has 3 unspecified atom stereocenters. The number of aliphatic hydroxyl groups is 1. The summed E-state index contributed by atoms with van der Waals surface area (Å²) >= 11 is 0. The number of aromatic nitrogens is 1. The summed E-state index contributed by atoms with van der Waals surface area (Å²) in [6.45, 7) is 4.33. The first-order chi connectivity index (χ1) is 16.5. The molecule has 0 saturated carbocycles. The first-order valence-corrected chi connectivity index (χ1v) is 14.1. The molecule has 9 nitrogen and oxygen atoms in total. The third-order valence-electron chi connectivity index (χ3n) is 7.38. The van der Waals surface area contributed by atoms with E-state index in [4.69, 9.17) is 0 Å². The Labute approximate surface area is 218 Å². The zero-order valence-corrected chi connectivity index (χ0v) is 22.9. The van der Waals surface area contributed by atoms with Crippen LogP contribution in [0.3, 0.4) is 0 Å². The van der Waals surface area contributed by atoms with E-state index < -0.39 is 16.1 Å². The lowest BCUT2D eigenvalue weighted by Crippen LogP contribution is -2.53. The molecule has 2 bridgehead atoms. The summed E-state index contributed by atoms with van der Waals surface area (Å²) in [4.78, 5) is 28.7. The van der Waals surface area contributed by atoms with Crippen LogP contribution >= 0.6 is 12.4 Å². The number of rotatable bonds is 8. The average Bonchev–Trinajstić information content (AvgIpc) is 2.99. The van der Waals surface area contributed by atoms with E-state index in [0.29, 0.717) is 6.54 Å². The molecule has 0 radical (unpaired) electrons. The molecule has 11 heteroatoms. The van der Waals surface area contributed by atoms with Gasteiger partial charge in [-0.25, -0.2) is 12.7 Å². The highest BCUT2D eigenvalue weighted by molar-refractivity contribution is 7.88. The van der Waals surface area contributed by atoms with Gasteiger partial charge >= 0.3 is 0 Å². The molecule has 1 amide bonds. The maximum atomic E-state index is 13.2. The average molecular weight is 541 g/mol. The molecule has 3 heterocycles. The van der Waals surface area contributed by atoms with Crippen molar-refractivity contribution in [2.75, 3.05) is 26.4 Å². The fraction of sp³-hybridized carbons (Fsp3) is 0.600. The second-order valence-electron chi connectivity index (χ2n) is 10.3. The van der Waals surface area contributed by atoms with Gasteiger partial charge in [0.05, 0.1) is 17.9 Å². The third-order valence-corrected chi connectivity index (χ3v) is 8.66. The lowest BCUT2D eigenvalue weighted by atomic mass is 9.96. The van der Waals surface area contributed by atoms with Gasteiger partial charge in [-0.3, -0.25) is 14.5 Å². The SMILES string of the molecule is CC(C)n1c(=O)c(C(=O)NC2CC3CCC(C2)N3CC(O)CN(C)S(C)(=O)=O)cc2ccccc21.Cl. The highest BCUT2D eigenvalue weighted by Gasteiger charge is 2.42. The summed E-state index contributed by atoms with van der Waals surface area (Å²) in [5.41, 5.74) is 0.691. The summed E-state index contributed by atoms with van der Waals surface area (Å²) in [6, 6.07) is 9.57. The van der Waals surface area contributed by atoms with Crippen molar-refractivity contribution < 1.29 is 18.3 Å². The molecule has 0 spiro atoms. The van der Waals surface area contributed by atoms with Crippen molar-refractivity contribution in [3.63, 3.8) is 0 Å². The van der Waals surface area contributed by atoms with Gasteiger partial charge in [0.25, 0.3) is 11.5 Å². The number of hydrogen-bond acceptors (Lipinski definition) is 6. The Bertz CT molecular complexity index is 1250. The van der Waals surface area contributed by atoms with Gasteiger partial charge in [0.1, 0.15) is 5.56 Å². The van der Waals surface area contributed by atoms with E-state index in [9.17, 15) is 23.1 Å². The fourth-order valence-electron chi connectivity index (χ4n) is 5.65. The van der Waals surface area contributed by atoms with Crippen LogP contribution in [0.25, 0.3) is 10.9 Å². The number of halogens is 1. The molecule has 3 atom stereocenters. The maximum Gasteiger partial charge on any atom is 0.264 e. The van der Waals surface area contributed by atoms with Crippen LogP contribution in [0.5, 0.6) is 0 Å². The highest BCUT2D eigenvalue weighted by atomic mass is 35.5. The van der Waals surface area contributed by atoms with Crippen molar-refractivity contribution in [3.05, 3.63) is 46.2 Å². The van der Waals surface area contributed by atoms with Crippen molar-refractivity contribution in [3.8, 4) is 0 Å². The molecular formula is C25H37ClN4O5S. The molecule has 2 aromatic rings. The molecule has 2 saturated heterocycles. The number of piperidine rings is 1. The Hall–Kier alpha value is -1.98. The molecule has 2 aliphatic rings. The van der Waals surface area contributed by atoms with E-state index in [2.05, 4.69) is 10.2 Å². The lowest BCUT2D eigenvalue weighted by molar-refractivity contribution is 0.0448. The zero-order valence-electron chi connectivity index (χ0n) is 21.3. The van der Waals surface area contributed by atoms with Gasteiger partial charge in [0.2, 0.25) is 10.0 Å².